The maximum Gasteiger partial charge on any atom is 0.347 e. The average molecular weight is 202 g/mol. The highest BCUT2D eigenvalue weighted by molar-refractivity contribution is 5.96. The Morgan fingerprint density at radius 2 is 1.86 bits per heavy atom. The first kappa shape index (κ1) is 12.9. The van der Waals surface area contributed by atoms with Crippen LogP contribution < -0.4 is 5.32 Å². The molecule has 0 saturated carbocycles. The number of carbonyl (C=O) groups excluding carboxylic acids is 2. The summed E-state index contributed by atoms with van der Waals surface area (Å²) in [7, 11) is 1.45. The van der Waals surface area contributed by atoms with Gasteiger partial charge < -0.3 is 0 Å². The summed E-state index contributed by atoms with van der Waals surface area (Å²) in [6, 6.07) is -0.549. The normalized spacial score (nSPS) is 10.9. The highest BCUT2D eigenvalue weighted by atomic mass is 16.7. The first-order chi connectivity index (χ1) is 6.29. The van der Waals surface area contributed by atoms with E-state index >= 15 is 0 Å². The topological polar surface area (TPSA) is 58.6 Å². The van der Waals surface area contributed by atoms with Gasteiger partial charge in [-0.2, -0.15) is 0 Å². The van der Waals surface area contributed by atoms with Crippen LogP contribution in [0.4, 0.5) is 4.79 Å². The predicted octanol–water partition coefficient (Wildman–Crippen LogP) is 1.15. The number of urea groups is 1. The molecule has 0 spiro atoms. The monoisotopic (exact) mass is 202 g/mol. The lowest BCUT2D eigenvalue weighted by molar-refractivity contribution is -0.130. The van der Waals surface area contributed by atoms with Crippen LogP contribution in [0.25, 0.3) is 0 Å². The SMILES string of the molecule is CCON(C)C(=O)NC(=O)C(C)(C)C. The molecule has 0 aromatic heterocycles. The Labute approximate surface area is 84.4 Å². The van der Waals surface area contributed by atoms with Gasteiger partial charge in [-0.3, -0.25) is 14.9 Å². The number of amides is 3. The molecule has 14 heavy (non-hydrogen) atoms. The lowest BCUT2D eigenvalue weighted by Gasteiger charge is -2.20. The van der Waals surface area contributed by atoms with E-state index in [2.05, 4.69) is 5.32 Å². The lowest BCUT2D eigenvalue weighted by atomic mass is 9.96. The second-order valence-corrected chi connectivity index (χ2v) is 3.92. The maximum absolute atomic E-state index is 11.4. The molecular weight excluding hydrogens is 184 g/mol. The zero-order valence-electron chi connectivity index (χ0n) is 9.38. The summed E-state index contributed by atoms with van der Waals surface area (Å²) in [5.74, 6) is -0.325. The minimum absolute atomic E-state index is 0.325. The molecule has 82 valence electrons. The molecule has 0 radical (unpaired) electrons. The molecule has 0 saturated heterocycles. The first-order valence-corrected chi connectivity index (χ1v) is 4.51. The maximum atomic E-state index is 11.4. The lowest BCUT2D eigenvalue weighted by Crippen LogP contribution is -2.45. The van der Waals surface area contributed by atoms with E-state index in [1.165, 1.54) is 7.05 Å². The standard InChI is InChI=1S/C9H18N2O3/c1-6-14-11(5)8(13)10-7(12)9(2,3)4/h6H2,1-5H3,(H,10,12,13). The Hall–Kier alpha value is -1.10. The van der Waals surface area contributed by atoms with Gasteiger partial charge in [0.15, 0.2) is 0 Å². The van der Waals surface area contributed by atoms with Crippen molar-refractivity contribution in [2.45, 2.75) is 27.7 Å². The van der Waals surface area contributed by atoms with Gasteiger partial charge in [-0.05, 0) is 6.92 Å². The van der Waals surface area contributed by atoms with Crippen molar-refractivity contribution in [1.29, 1.82) is 0 Å². The number of nitrogens with one attached hydrogen (secondary N) is 1. The molecule has 0 bridgehead atoms. The molecule has 0 heterocycles. The van der Waals surface area contributed by atoms with Crippen molar-refractivity contribution in [3.8, 4) is 0 Å². The van der Waals surface area contributed by atoms with Crippen molar-refractivity contribution >= 4 is 11.9 Å². The molecular formula is C9H18N2O3. The third kappa shape index (κ3) is 4.23. The molecule has 0 aromatic carbocycles. The number of rotatable bonds is 2. The summed E-state index contributed by atoms with van der Waals surface area (Å²) < 4.78 is 0. The minimum Gasteiger partial charge on any atom is -0.276 e. The van der Waals surface area contributed by atoms with Gasteiger partial charge in [0, 0.05) is 12.5 Å². The van der Waals surface area contributed by atoms with E-state index in [0.29, 0.717) is 6.61 Å². The quantitative estimate of drug-likeness (QED) is 0.683. The van der Waals surface area contributed by atoms with E-state index in [4.69, 9.17) is 4.84 Å². The van der Waals surface area contributed by atoms with Crippen LogP contribution in [0.1, 0.15) is 27.7 Å². The van der Waals surface area contributed by atoms with Crippen molar-refractivity contribution in [2.24, 2.45) is 5.41 Å². The molecule has 0 atom stereocenters. The Kier molecular flexibility index (Phi) is 4.56. The van der Waals surface area contributed by atoms with Gasteiger partial charge in [0.25, 0.3) is 0 Å². The molecule has 0 unspecified atom stereocenters. The molecule has 0 aliphatic rings. The zero-order valence-corrected chi connectivity index (χ0v) is 9.38. The van der Waals surface area contributed by atoms with E-state index in [-0.39, 0.29) is 5.91 Å². The fraction of sp³-hybridized carbons (Fsp3) is 0.778. The fourth-order valence-electron chi connectivity index (χ4n) is 0.616. The zero-order chi connectivity index (χ0) is 11.4. The number of imide groups is 1. The third-order valence-electron chi connectivity index (χ3n) is 1.51. The van der Waals surface area contributed by atoms with E-state index in [1.54, 1.807) is 27.7 Å². The van der Waals surface area contributed by atoms with Gasteiger partial charge in [0.1, 0.15) is 0 Å². The second kappa shape index (κ2) is 4.95. The van der Waals surface area contributed by atoms with Crippen molar-refractivity contribution in [1.82, 2.24) is 10.4 Å². The largest absolute Gasteiger partial charge is 0.347 e. The summed E-state index contributed by atoms with van der Waals surface area (Å²) >= 11 is 0. The second-order valence-electron chi connectivity index (χ2n) is 3.92. The predicted molar refractivity (Wildman–Crippen MR) is 52.4 cm³/mol. The van der Waals surface area contributed by atoms with Gasteiger partial charge in [0.05, 0.1) is 6.61 Å². The van der Waals surface area contributed by atoms with E-state index in [9.17, 15) is 9.59 Å². The first-order valence-electron chi connectivity index (χ1n) is 4.51. The number of hydrogen-bond donors (Lipinski definition) is 1. The Morgan fingerprint density at radius 1 is 1.36 bits per heavy atom. The minimum atomic E-state index is -0.581. The number of nitrogens with zero attached hydrogens (tertiary/aromatic N) is 1. The highest BCUT2D eigenvalue weighted by Gasteiger charge is 2.24. The Morgan fingerprint density at radius 3 is 2.21 bits per heavy atom. The molecule has 5 heteroatoms. The molecule has 5 nitrogen and oxygen atoms in total. The molecule has 0 fully saturated rings. The van der Waals surface area contributed by atoms with Gasteiger partial charge in [-0.15, -0.1) is 0 Å². The van der Waals surface area contributed by atoms with E-state index in [0.717, 1.165) is 5.06 Å². The van der Waals surface area contributed by atoms with Crippen molar-refractivity contribution in [2.75, 3.05) is 13.7 Å². The summed E-state index contributed by atoms with van der Waals surface area (Å²) in [6.45, 7) is 7.34. The van der Waals surface area contributed by atoms with Crippen LogP contribution in [0.5, 0.6) is 0 Å². The number of carbonyl (C=O) groups is 2. The van der Waals surface area contributed by atoms with Crippen LogP contribution in [-0.2, 0) is 9.63 Å². The molecule has 0 rings (SSSR count). The van der Waals surface area contributed by atoms with Gasteiger partial charge in [0.2, 0.25) is 5.91 Å². The van der Waals surface area contributed by atoms with Crippen LogP contribution in [0.3, 0.4) is 0 Å². The Balaban J connectivity index is 4.13. The van der Waals surface area contributed by atoms with Crippen LogP contribution in [0, 0.1) is 5.41 Å². The van der Waals surface area contributed by atoms with Crippen molar-refractivity contribution < 1.29 is 14.4 Å². The van der Waals surface area contributed by atoms with E-state index in [1.807, 2.05) is 0 Å². The summed E-state index contributed by atoms with van der Waals surface area (Å²) in [6.07, 6.45) is 0. The smallest absolute Gasteiger partial charge is 0.276 e. The van der Waals surface area contributed by atoms with Crippen LogP contribution in [0.2, 0.25) is 0 Å². The highest BCUT2D eigenvalue weighted by Crippen LogP contribution is 2.12. The van der Waals surface area contributed by atoms with Crippen molar-refractivity contribution in [3.63, 3.8) is 0 Å². The summed E-state index contributed by atoms with van der Waals surface area (Å²) in [4.78, 5) is 27.5. The fourth-order valence-corrected chi connectivity index (χ4v) is 0.616. The van der Waals surface area contributed by atoms with Crippen molar-refractivity contribution in [3.05, 3.63) is 0 Å². The van der Waals surface area contributed by atoms with Crippen LogP contribution in [0.15, 0.2) is 0 Å². The molecule has 0 aromatic rings. The molecule has 0 aliphatic heterocycles. The third-order valence-corrected chi connectivity index (χ3v) is 1.51. The molecule has 1 N–H and O–H groups in total. The van der Waals surface area contributed by atoms with Gasteiger partial charge >= 0.3 is 6.03 Å². The number of hydrogen-bond acceptors (Lipinski definition) is 3. The van der Waals surface area contributed by atoms with Gasteiger partial charge in [-0.25, -0.2) is 9.86 Å². The summed E-state index contributed by atoms with van der Waals surface area (Å²) in [5, 5.41) is 3.23. The number of hydroxylamine groups is 2. The van der Waals surface area contributed by atoms with Gasteiger partial charge in [-0.1, -0.05) is 20.8 Å². The Bertz CT molecular complexity index is 221. The summed E-state index contributed by atoms with van der Waals surface area (Å²) in [5.41, 5.74) is -0.581. The van der Waals surface area contributed by atoms with Crippen LogP contribution in [-0.4, -0.2) is 30.7 Å². The van der Waals surface area contributed by atoms with E-state index < -0.39 is 11.4 Å². The molecule has 3 amide bonds. The van der Waals surface area contributed by atoms with Crippen LogP contribution >= 0.6 is 0 Å². The average Bonchev–Trinajstić information content (AvgIpc) is 2.02. The molecule has 0 aliphatic carbocycles.